The van der Waals surface area contributed by atoms with Gasteiger partial charge in [-0.05, 0) is 18.2 Å². The van der Waals surface area contributed by atoms with E-state index >= 15 is 0 Å². The van der Waals surface area contributed by atoms with Gasteiger partial charge in [-0.25, -0.2) is 4.79 Å². The number of thiophene rings is 1. The minimum absolute atomic E-state index is 0.0654. The Morgan fingerprint density at radius 2 is 2.05 bits per heavy atom. The zero-order chi connectivity index (χ0) is 14.4. The van der Waals surface area contributed by atoms with Crippen LogP contribution in [0.25, 0.3) is 6.08 Å². The van der Waals surface area contributed by atoms with Crippen LogP contribution in [0.4, 0.5) is 0 Å². The van der Waals surface area contributed by atoms with Gasteiger partial charge in [-0.1, -0.05) is 0 Å². The van der Waals surface area contributed by atoms with Crippen molar-refractivity contribution in [1.82, 2.24) is 10.2 Å². The van der Waals surface area contributed by atoms with Crippen molar-refractivity contribution >= 4 is 35.2 Å². The fourth-order valence-corrected chi connectivity index (χ4v) is 1.95. The van der Waals surface area contributed by atoms with Crippen LogP contribution in [0.1, 0.15) is 14.5 Å². The van der Waals surface area contributed by atoms with Crippen molar-refractivity contribution in [3.63, 3.8) is 0 Å². The Bertz CT molecular complexity index is 520. The van der Waals surface area contributed by atoms with E-state index in [1.165, 1.54) is 11.0 Å². The zero-order valence-corrected chi connectivity index (χ0v) is 11.4. The van der Waals surface area contributed by atoms with Crippen molar-refractivity contribution in [1.29, 1.82) is 0 Å². The van der Waals surface area contributed by atoms with Gasteiger partial charge >= 0.3 is 5.97 Å². The van der Waals surface area contributed by atoms with E-state index in [1.54, 1.807) is 26.2 Å². The number of nitrogens with zero attached hydrogens (tertiary/aromatic N) is 1. The molecule has 0 unspecified atom stereocenters. The maximum atomic E-state index is 11.7. The fraction of sp³-hybridized carbons (Fsp3) is 0.250. The van der Waals surface area contributed by atoms with Crippen LogP contribution >= 0.6 is 11.3 Å². The predicted octanol–water partition coefficient (Wildman–Crippen LogP) is 0.664. The third-order valence-corrected chi connectivity index (χ3v) is 3.19. The highest BCUT2D eigenvalue weighted by Crippen LogP contribution is 2.17. The second-order valence-corrected chi connectivity index (χ2v) is 4.96. The van der Waals surface area contributed by atoms with Crippen molar-refractivity contribution in [2.45, 2.75) is 0 Å². The highest BCUT2D eigenvalue weighted by molar-refractivity contribution is 7.14. The van der Waals surface area contributed by atoms with Crippen LogP contribution in [0.2, 0.25) is 0 Å². The minimum Gasteiger partial charge on any atom is -0.478 e. The van der Waals surface area contributed by atoms with E-state index < -0.39 is 5.97 Å². The second kappa shape index (κ2) is 6.69. The van der Waals surface area contributed by atoms with Crippen molar-refractivity contribution in [2.24, 2.45) is 0 Å². The highest BCUT2D eigenvalue weighted by Gasteiger charge is 2.11. The number of carboxylic acid groups (broad SMARTS) is 1. The summed E-state index contributed by atoms with van der Waals surface area (Å²) in [6, 6.07) is 3.23. The first-order valence-corrected chi connectivity index (χ1v) is 6.21. The molecule has 0 saturated heterocycles. The number of carbonyl (C=O) groups is 3. The number of amides is 2. The van der Waals surface area contributed by atoms with Crippen LogP contribution in [0.15, 0.2) is 18.2 Å². The SMILES string of the molecule is CN(C)C(=O)CNC(=O)c1ccc(C=CC(=O)O)s1. The van der Waals surface area contributed by atoms with E-state index in [4.69, 9.17) is 5.11 Å². The summed E-state index contributed by atoms with van der Waals surface area (Å²) in [6.45, 7) is -0.0654. The summed E-state index contributed by atoms with van der Waals surface area (Å²) in [7, 11) is 3.21. The van der Waals surface area contributed by atoms with Crippen LogP contribution in [0.3, 0.4) is 0 Å². The van der Waals surface area contributed by atoms with Crippen molar-refractivity contribution in [3.05, 3.63) is 28.0 Å². The standard InChI is InChI=1S/C12H14N2O4S/c1-14(2)10(15)7-13-12(18)9-5-3-8(19-9)4-6-11(16)17/h3-6H,7H2,1-2H3,(H,13,18)(H,16,17). The average Bonchev–Trinajstić information content (AvgIpc) is 2.81. The molecule has 1 aromatic heterocycles. The monoisotopic (exact) mass is 282 g/mol. The summed E-state index contributed by atoms with van der Waals surface area (Å²) in [6.07, 6.45) is 2.41. The van der Waals surface area contributed by atoms with Gasteiger partial charge in [-0.3, -0.25) is 9.59 Å². The Morgan fingerprint density at radius 1 is 1.37 bits per heavy atom. The molecule has 1 heterocycles. The quantitative estimate of drug-likeness (QED) is 0.777. The molecule has 102 valence electrons. The van der Waals surface area contributed by atoms with Crippen molar-refractivity contribution in [2.75, 3.05) is 20.6 Å². The topological polar surface area (TPSA) is 86.7 Å². The summed E-state index contributed by atoms with van der Waals surface area (Å²) in [5, 5.41) is 11.0. The van der Waals surface area contributed by atoms with Gasteiger partial charge in [-0.15, -0.1) is 11.3 Å². The molecule has 2 N–H and O–H groups in total. The molecule has 0 radical (unpaired) electrons. The van der Waals surface area contributed by atoms with Crippen LogP contribution in [-0.2, 0) is 9.59 Å². The molecule has 0 aliphatic carbocycles. The third-order valence-electron chi connectivity index (χ3n) is 2.14. The average molecular weight is 282 g/mol. The van der Waals surface area contributed by atoms with Crippen molar-refractivity contribution in [3.8, 4) is 0 Å². The maximum absolute atomic E-state index is 11.7. The smallest absolute Gasteiger partial charge is 0.328 e. The van der Waals surface area contributed by atoms with E-state index in [1.807, 2.05) is 0 Å². The summed E-state index contributed by atoms with van der Waals surface area (Å²) >= 11 is 1.16. The van der Waals surface area contributed by atoms with Crippen molar-refractivity contribution < 1.29 is 19.5 Å². The van der Waals surface area contributed by atoms with Gasteiger partial charge in [0.15, 0.2) is 0 Å². The Balaban J connectivity index is 2.59. The minimum atomic E-state index is -1.05. The highest BCUT2D eigenvalue weighted by atomic mass is 32.1. The summed E-state index contributed by atoms with van der Waals surface area (Å²) < 4.78 is 0. The molecule has 1 aromatic rings. The third kappa shape index (κ3) is 4.92. The maximum Gasteiger partial charge on any atom is 0.328 e. The first-order chi connectivity index (χ1) is 8.90. The Kier molecular flexibility index (Phi) is 5.25. The molecule has 1 rings (SSSR count). The normalized spacial score (nSPS) is 10.4. The Labute approximate surface area is 114 Å². The molecule has 0 spiro atoms. The molecule has 0 aliphatic heterocycles. The molecular formula is C12H14N2O4S. The van der Waals surface area contributed by atoms with E-state index in [0.717, 1.165) is 17.4 Å². The molecular weight excluding hydrogens is 268 g/mol. The lowest BCUT2D eigenvalue weighted by Crippen LogP contribution is -2.35. The number of nitrogens with one attached hydrogen (secondary N) is 1. The van der Waals surface area contributed by atoms with Gasteiger partial charge in [0.1, 0.15) is 0 Å². The predicted molar refractivity (Wildman–Crippen MR) is 72.0 cm³/mol. The van der Waals surface area contributed by atoms with Gasteiger partial charge in [0.25, 0.3) is 5.91 Å². The number of rotatable bonds is 5. The number of carboxylic acids is 1. The molecule has 0 bridgehead atoms. The zero-order valence-electron chi connectivity index (χ0n) is 10.5. The van der Waals surface area contributed by atoms with Crippen LogP contribution in [0.5, 0.6) is 0 Å². The lowest BCUT2D eigenvalue weighted by Gasteiger charge is -2.10. The molecule has 0 aliphatic rings. The number of hydrogen-bond acceptors (Lipinski definition) is 4. The first kappa shape index (κ1) is 14.9. The largest absolute Gasteiger partial charge is 0.478 e. The molecule has 19 heavy (non-hydrogen) atoms. The van der Waals surface area contributed by atoms with E-state index in [-0.39, 0.29) is 18.4 Å². The van der Waals surface area contributed by atoms with E-state index in [9.17, 15) is 14.4 Å². The fourth-order valence-electron chi connectivity index (χ4n) is 1.12. The van der Waals surface area contributed by atoms with E-state index in [2.05, 4.69) is 5.32 Å². The van der Waals surface area contributed by atoms with Crippen LogP contribution in [0, 0.1) is 0 Å². The number of aliphatic carboxylic acids is 1. The van der Waals surface area contributed by atoms with E-state index in [0.29, 0.717) is 9.75 Å². The molecule has 0 fully saturated rings. The Hall–Kier alpha value is -2.15. The lowest BCUT2D eigenvalue weighted by atomic mass is 10.4. The van der Waals surface area contributed by atoms with Crippen LogP contribution < -0.4 is 5.32 Å². The molecule has 2 amide bonds. The van der Waals surface area contributed by atoms with Gasteiger partial charge in [0.2, 0.25) is 5.91 Å². The summed E-state index contributed by atoms with van der Waals surface area (Å²) in [5.41, 5.74) is 0. The summed E-state index contributed by atoms with van der Waals surface area (Å²) in [4.78, 5) is 35.8. The lowest BCUT2D eigenvalue weighted by molar-refractivity contribution is -0.131. The molecule has 6 nitrogen and oxygen atoms in total. The molecule has 0 saturated carbocycles. The number of hydrogen-bond donors (Lipinski definition) is 2. The molecule has 0 aromatic carbocycles. The van der Waals surface area contributed by atoms with Gasteiger partial charge in [0.05, 0.1) is 11.4 Å². The first-order valence-electron chi connectivity index (χ1n) is 5.39. The second-order valence-electron chi connectivity index (χ2n) is 3.84. The Morgan fingerprint density at radius 3 is 2.63 bits per heavy atom. The van der Waals surface area contributed by atoms with Gasteiger partial charge in [-0.2, -0.15) is 0 Å². The molecule has 7 heteroatoms. The summed E-state index contributed by atoms with van der Waals surface area (Å²) in [5.74, 6) is -1.60. The number of carbonyl (C=O) groups excluding carboxylic acids is 2. The van der Waals surface area contributed by atoms with Gasteiger partial charge < -0.3 is 15.3 Å². The van der Waals surface area contributed by atoms with Gasteiger partial charge in [0, 0.05) is 25.0 Å². The molecule has 0 atom stereocenters. The number of likely N-dealkylation sites (N-methyl/N-ethyl adjacent to an activating group) is 1. The van der Waals surface area contributed by atoms with Crippen LogP contribution in [-0.4, -0.2) is 48.4 Å².